The molecule has 4 N–H and O–H groups in total. The van der Waals surface area contributed by atoms with Crippen LogP contribution in [0.25, 0.3) is 11.1 Å². The number of carbonyl (C=O) groups is 3. The van der Waals surface area contributed by atoms with Crippen LogP contribution in [0.5, 0.6) is 5.75 Å². The third-order valence-corrected chi connectivity index (χ3v) is 8.51. The van der Waals surface area contributed by atoms with Crippen LogP contribution in [0.2, 0.25) is 0 Å². The molecule has 0 bridgehead atoms. The number of benzene rings is 2. The Balaban J connectivity index is 1.45. The molecular formula is C42H57F3N4O9. The number of aliphatic carboxylic acids is 1. The maximum absolute atomic E-state index is 13.6. The van der Waals surface area contributed by atoms with Gasteiger partial charge in [-0.05, 0) is 77.8 Å². The predicted octanol–water partition coefficient (Wildman–Crippen LogP) is 6.29. The van der Waals surface area contributed by atoms with Gasteiger partial charge >= 0.3 is 12.1 Å². The van der Waals surface area contributed by atoms with Crippen LogP contribution in [-0.4, -0.2) is 107 Å². The summed E-state index contributed by atoms with van der Waals surface area (Å²) in [5, 5.41) is 17.8. The molecule has 0 unspecified atom stereocenters. The number of carboxylic acids is 1. The number of hydrogen-bond acceptors (Lipinski definition) is 10. The molecule has 16 heteroatoms. The number of aromatic nitrogens is 1. The molecule has 0 aliphatic rings. The number of pyridine rings is 1. The zero-order valence-electron chi connectivity index (χ0n) is 33.5. The summed E-state index contributed by atoms with van der Waals surface area (Å²) in [5.41, 5.74) is 2.24. The quantitative estimate of drug-likeness (QED) is 0.0582. The highest BCUT2D eigenvalue weighted by Crippen LogP contribution is 2.33. The molecule has 0 fully saturated rings. The van der Waals surface area contributed by atoms with Gasteiger partial charge in [0.15, 0.2) is 0 Å². The van der Waals surface area contributed by atoms with Gasteiger partial charge in [-0.2, -0.15) is 13.2 Å². The lowest BCUT2D eigenvalue weighted by Gasteiger charge is -2.19. The van der Waals surface area contributed by atoms with Crippen molar-refractivity contribution in [2.75, 3.05) is 77.9 Å². The molecule has 0 radical (unpaired) electrons. The number of anilines is 1. The van der Waals surface area contributed by atoms with E-state index >= 15 is 0 Å². The van der Waals surface area contributed by atoms with Gasteiger partial charge in [-0.3, -0.25) is 14.4 Å². The van der Waals surface area contributed by atoms with Gasteiger partial charge in [0, 0.05) is 25.8 Å². The fourth-order valence-corrected chi connectivity index (χ4v) is 5.54. The summed E-state index contributed by atoms with van der Waals surface area (Å²) < 4.78 is 68.5. The number of rotatable bonds is 29. The average molecular weight is 819 g/mol. The third kappa shape index (κ3) is 20.6. The Hall–Kier alpha value is -4.77. The normalized spacial score (nSPS) is 12.0. The first-order valence-corrected chi connectivity index (χ1v) is 19.5. The van der Waals surface area contributed by atoms with E-state index in [1.54, 1.807) is 36.5 Å². The minimum Gasteiger partial charge on any atom is -0.491 e. The number of nitrogens with one attached hydrogen (secondary N) is 3. The fourth-order valence-electron chi connectivity index (χ4n) is 5.54. The molecule has 1 aromatic heterocycles. The predicted molar refractivity (Wildman–Crippen MR) is 213 cm³/mol. The summed E-state index contributed by atoms with van der Waals surface area (Å²) >= 11 is 0. The highest BCUT2D eigenvalue weighted by molar-refractivity contribution is 5.85. The molecule has 0 saturated heterocycles. The van der Waals surface area contributed by atoms with Crippen LogP contribution in [-0.2, 0) is 39.8 Å². The van der Waals surface area contributed by atoms with Crippen molar-refractivity contribution in [1.82, 2.24) is 15.6 Å². The summed E-state index contributed by atoms with van der Waals surface area (Å²) in [6, 6.07) is 13.5. The Morgan fingerprint density at radius 3 is 2.05 bits per heavy atom. The lowest BCUT2D eigenvalue weighted by molar-refractivity contribution is -0.138. The first-order chi connectivity index (χ1) is 27.8. The van der Waals surface area contributed by atoms with E-state index in [1.807, 2.05) is 19.1 Å². The number of hydrogen-bond donors (Lipinski definition) is 4. The Morgan fingerprint density at radius 1 is 0.810 bits per heavy atom. The zero-order valence-corrected chi connectivity index (χ0v) is 33.5. The molecule has 0 aliphatic carbocycles. The second-order valence-corrected chi connectivity index (χ2v) is 14.0. The van der Waals surface area contributed by atoms with E-state index in [9.17, 15) is 32.7 Å². The second kappa shape index (κ2) is 26.3. The Bertz CT molecular complexity index is 1680. The summed E-state index contributed by atoms with van der Waals surface area (Å²) in [6.07, 6.45) is -2.79. The SMILES string of the molecule is Cc1ccnc(NCCCC(=O)NCC(=O)N[C@@H](CC(=O)O)c2ccc(-c3ccc(OCCOCCOCCOCCOCCC(C)C)cc3CC(F)(F)F)cc2)c1. The molecule has 13 nitrogen and oxygen atoms in total. The average Bonchev–Trinajstić information content (AvgIpc) is 3.16. The van der Waals surface area contributed by atoms with Crippen molar-refractivity contribution < 1.29 is 56.3 Å². The lowest BCUT2D eigenvalue weighted by atomic mass is 9.94. The largest absolute Gasteiger partial charge is 0.491 e. The molecule has 3 rings (SSSR count). The van der Waals surface area contributed by atoms with Crippen molar-refractivity contribution in [1.29, 1.82) is 0 Å². The van der Waals surface area contributed by atoms with Gasteiger partial charge in [0.05, 0.1) is 71.7 Å². The number of carbonyl (C=O) groups excluding carboxylic acids is 2. The van der Waals surface area contributed by atoms with Crippen molar-refractivity contribution in [3.05, 3.63) is 77.5 Å². The van der Waals surface area contributed by atoms with Crippen molar-refractivity contribution in [3.63, 3.8) is 0 Å². The number of carboxylic acid groups (broad SMARTS) is 1. The molecule has 0 saturated carbocycles. The molecule has 1 atom stereocenters. The standard InChI is InChI=1S/C42H57F3N4O9/c1-30(2)13-16-54-17-18-55-19-20-56-21-22-57-23-24-58-35-10-11-36(34(26-35)28-42(43,44)45)32-6-8-33(9-7-32)37(27-41(52)53)49-40(51)29-48-39(50)5-4-14-46-38-25-31(3)12-15-47-38/h6-12,15,25-26,30,37H,4-5,13-14,16-24,27-29H2,1-3H3,(H,46,47)(H,48,50)(H,49,51)(H,52,53)/t37-/m0/s1. The first kappa shape index (κ1) is 47.6. The third-order valence-electron chi connectivity index (χ3n) is 8.51. The second-order valence-electron chi connectivity index (χ2n) is 14.0. The van der Waals surface area contributed by atoms with Crippen LogP contribution in [0.15, 0.2) is 60.8 Å². The van der Waals surface area contributed by atoms with Gasteiger partial charge in [-0.15, -0.1) is 0 Å². The van der Waals surface area contributed by atoms with Crippen molar-refractivity contribution >= 4 is 23.6 Å². The first-order valence-electron chi connectivity index (χ1n) is 19.5. The van der Waals surface area contributed by atoms with Crippen molar-refractivity contribution in [2.24, 2.45) is 5.92 Å². The molecule has 2 amide bonds. The van der Waals surface area contributed by atoms with Crippen molar-refractivity contribution in [2.45, 2.75) is 65.1 Å². The lowest BCUT2D eigenvalue weighted by Crippen LogP contribution is -2.39. The molecule has 58 heavy (non-hydrogen) atoms. The summed E-state index contributed by atoms with van der Waals surface area (Å²) in [7, 11) is 0. The van der Waals surface area contributed by atoms with E-state index in [2.05, 4.69) is 34.8 Å². The topological polar surface area (TPSA) is 167 Å². The molecule has 2 aromatic carbocycles. The summed E-state index contributed by atoms with van der Waals surface area (Å²) in [4.78, 5) is 40.9. The Labute approximate surface area is 338 Å². The Morgan fingerprint density at radius 2 is 1.45 bits per heavy atom. The molecule has 320 valence electrons. The smallest absolute Gasteiger partial charge is 0.393 e. The number of amides is 2. The highest BCUT2D eigenvalue weighted by Gasteiger charge is 2.29. The fraction of sp³-hybridized carbons (Fsp3) is 0.524. The van der Waals surface area contributed by atoms with E-state index in [1.165, 1.54) is 12.1 Å². The van der Waals surface area contributed by atoms with Gasteiger partial charge in [-0.25, -0.2) is 4.98 Å². The van der Waals surface area contributed by atoms with E-state index in [0.29, 0.717) is 81.0 Å². The minimum absolute atomic E-state index is 0.00912. The van der Waals surface area contributed by atoms with E-state index in [0.717, 1.165) is 18.6 Å². The Kier molecular flexibility index (Phi) is 21.6. The molecule has 1 heterocycles. The van der Waals surface area contributed by atoms with Crippen LogP contribution in [0.1, 0.15) is 62.3 Å². The van der Waals surface area contributed by atoms with Crippen LogP contribution >= 0.6 is 0 Å². The van der Waals surface area contributed by atoms with Gasteiger partial charge in [0.25, 0.3) is 0 Å². The monoisotopic (exact) mass is 818 g/mol. The van der Waals surface area contributed by atoms with E-state index in [4.69, 9.17) is 23.7 Å². The van der Waals surface area contributed by atoms with E-state index < -0.39 is 36.9 Å². The van der Waals surface area contributed by atoms with Gasteiger partial charge in [0.1, 0.15) is 18.2 Å². The highest BCUT2D eigenvalue weighted by atomic mass is 19.4. The maximum Gasteiger partial charge on any atom is 0.393 e. The van der Waals surface area contributed by atoms with Crippen LogP contribution in [0.3, 0.4) is 0 Å². The molecule has 0 aliphatic heterocycles. The maximum atomic E-state index is 13.6. The molecule has 0 spiro atoms. The summed E-state index contributed by atoms with van der Waals surface area (Å²) in [5.74, 6) is -0.566. The van der Waals surface area contributed by atoms with E-state index in [-0.39, 0.29) is 43.4 Å². The minimum atomic E-state index is -4.50. The van der Waals surface area contributed by atoms with Gasteiger partial charge in [0.2, 0.25) is 11.8 Å². The van der Waals surface area contributed by atoms with Gasteiger partial charge in [-0.1, -0.05) is 44.2 Å². The number of aryl methyl sites for hydroxylation is 1. The van der Waals surface area contributed by atoms with Crippen LogP contribution in [0, 0.1) is 12.8 Å². The van der Waals surface area contributed by atoms with Crippen LogP contribution < -0.4 is 20.7 Å². The van der Waals surface area contributed by atoms with Gasteiger partial charge < -0.3 is 44.7 Å². The number of nitrogens with zero attached hydrogens (tertiary/aromatic N) is 1. The summed E-state index contributed by atoms with van der Waals surface area (Å²) in [6.45, 7) is 9.98. The number of halogens is 3. The van der Waals surface area contributed by atoms with Crippen molar-refractivity contribution in [3.8, 4) is 16.9 Å². The molecule has 3 aromatic rings. The molecular weight excluding hydrogens is 761 g/mol. The van der Waals surface area contributed by atoms with Crippen LogP contribution in [0.4, 0.5) is 19.0 Å². The number of ether oxygens (including phenoxy) is 5. The zero-order chi connectivity index (χ0) is 42.2. The number of alkyl halides is 3.